The number of carbonyl (C=O) groups excluding carboxylic acids is 1. The van der Waals surface area contributed by atoms with E-state index in [1.165, 1.54) is 18.6 Å². The molecule has 1 aliphatic rings. The van der Waals surface area contributed by atoms with E-state index in [1.54, 1.807) is 12.1 Å². The normalized spacial score (nSPS) is 17.1. The zero-order chi connectivity index (χ0) is 14.2. The molecule has 1 heterocycles. The van der Waals surface area contributed by atoms with Crippen molar-refractivity contribution in [3.8, 4) is 5.75 Å². The van der Waals surface area contributed by atoms with E-state index in [4.69, 9.17) is 4.74 Å². The van der Waals surface area contributed by atoms with E-state index in [0.717, 1.165) is 26.1 Å². The second-order valence-electron chi connectivity index (χ2n) is 5.05. The van der Waals surface area contributed by atoms with E-state index in [2.05, 4.69) is 10.6 Å². The highest BCUT2D eigenvalue weighted by Crippen LogP contribution is 2.12. The Kier molecular flexibility index (Phi) is 8.08. The minimum absolute atomic E-state index is 0. The van der Waals surface area contributed by atoms with E-state index in [-0.39, 0.29) is 24.1 Å². The minimum atomic E-state index is -0.295. The van der Waals surface area contributed by atoms with Gasteiger partial charge in [0.2, 0.25) is 5.91 Å². The van der Waals surface area contributed by atoms with Crippen LogP contribution < -0.4 is 15.4 Å². The first-order chi connectivity index (χ1) is 9.74. The SMILES string of the molecule is Cl.O=C(CCOc1ccc(F)cc1)NCCC1CCNC1. The Labute approximate surface area is 130 Å². The van der Waals surface area contributed by atoms with Gasteiger partial charge < -0.3 is 15.4 Å². The summed E-state index contributed by atoms with van der Waals surface area (Å²) in [6, 6.07) is 5.79. The van der Waals surface area contributed by atoms with Crippen LogP contribution in [-0.4, -0.2) is 32.1 Å². The molecule has 1 aromatic rings. The van der Waals surface area contributed by atoms with Crippen LogP contribution in [0.4, 0.5) is 4.39 Å². The van der Waals surface area contributed by atoms with Crippen LogP contribution in [0.3, 0.4) is 0 Å². The Morgan fingerprint density at radius 3 is 2.81 bits per heavy atom. The van der Waals surface area contributed by atoms with Crippen molar-refractivity contribution in [2.24, 2.45) is 5.92 Å². The molecule has 2 rings (SSSR count). The van der Waals surface area contributed by atoms with Crippen molar-refractivity contribution in [2.45, 2.75) is 19.3 Å². The fraction of sp³-hybridized carbons (Fsp3) is 0.533. The number of rotatable bonds is 7. The topological polar surface area (TPSA) is 50.4 Å². The van der Waals surface area contributed by atoms with Crippen LogP contribution in [-0.2, 0) is 4.79 Å². The summed E-state index contributed by atoms with van der Waals surface area (Å²) in [5.41, 5.74) is 0. The summed E-state index contributed by atoms with van der Waals surface area (Å²) in [7, 11) is 0. The highest BCUT2D eigenvalue weighted by molar-refractivity contribution is 5.85. The van der Waals surface area contributed by atoms with Crippen LogP contribution in [0.25, 0.3) is 0 Å². The van der Waals surface area contributed by atoms with Crippen molar-refractivity contribution in [1.29, 1.82) is 0 Å². The first-order valence-electron chi connectivity index (χ1n) is 7.10. The lowest BCUT2D eigenvalue weighted by Gasteiger charge is -2.10. The lowest BCUT2D eigenvalue weighted by atomic mass is 10.1. The molecule has 1 unspecified atom stereocenters. The van der Waals surface area contributed by atoms with E-state index in [0.29, 0.717) is 24.7 Å². The van der Waals surface area contributed by atoms with E-state index >= 15 is 0 Å². The van der Waals surface area contributed by atoms with Crippen molar-refractivity contribution < 1.29 is 13.9 Å². The number of benzene rings is 1. The molecule has 1 atom stereocenters. The third-order valence-electron chi connectivity index (χ3n) is 3.45. The third kappa shape index (κ3) is 6.78. The molecule has 0 saturated carbocycles. The zero-order valence-electron chi connectivity index (χ0n) is 11.9. The Morgan fingerprint density at radius 1 is 1.38 bits per heavy atom. The molecule has 1 aromatic carbocycles. The Morgan fingerprint density at radius 2 is 2.14 bits per heavy atom. The molecule has 21 heavy (non-hydrogen) atoms. The molecule has 0 aromatic heterocycles. The molecule has 4 nitrogen and oxygen atoms in total. The van der Waals surface area contributed by atoms with E-state index in [9.17, 15) is 9.18 Å². The zero-order valence-corrected chi connectivity index (χ0v) is 12.8. The van der Waals surface area contributed by atoms with Crippen LogP contribution >= 0.6 is 12.4 Å². The van der Waals surface area contributed by atoms with Crippen LogP contribution in [0.5, 0.6) is 5.75 Å². The summed E-state index contributed by atoms with van der Waals surface area (Å²) in [5, 5.41) is 6.21. The molecular formula is C15H22ClFN2O2. The largest absolute Gasteiger partial charge is 0.493 e. The second kappa shape index (κ2) is 9.58. The maximum Gasteiger partial charge on any atom is 0.223 e. The predicted molar refractivity (Wildman–Crippen MR) is 82.4 cm³/mol. The number of amides is 1. The molecule has 1 fully saturated rings. The van der Waals surface area contributed by atoms with Gasteiger partial charge in [-0.05, 0) is 56.1 Å². The maximum atomic E-state index is 12.7. The molecule has 0 aliphatic carbocycles. The Balaban J connectivity index is 0.00000220. The van der Waals surface area contributed by atoms with Gasteiger partial charge in [0.05, 0.1) is 13.0 Å². The predicted octanol–water partition coefficient (Wildman–Crippen LogP) is 2.13. The standard InChI is InChI=1S/C15H21FN2O2.ClH/c16-13-1-3-14(4-2-13)20-10-7-15(19)18-9-6-12-5-8-17-11-12;/h1-4,12,17H,5-11H2,(H,18,19);1H. The first kappa shape index (κ1) is 17.7. The van der Waals surface area contributed by atoms with Crippen LogP contribution in [0, 0.1) is 11.7 Å². The number of hydrogen-bond acceptors (Lipinski definition) is 3. The van der Waals surface area contributed by atoms with Gasteiger partial charge in [0.15, 0.2) is 0 Å². The van der Waals surface area contributed by atoms with Crippen LogP contribution in [0.15, 0.2) is 24.3 Å². The molecule has 1 amide bonds. The van der Waals surface area contributed by atoms with Gasteiger partial charge in [-0.3, -0.25) is 4.79 Å². The number of halogens is 2. The summed E-state index contributed by atoms with van der Waals surface area (Å²) in [6.45, 7) is 3.18. The molecule has 0 bridgehead atoms. The number of carbonyl (C=O) groups is 1. The van der Waals surface area contributed by atoms with Gasteiger partial charge in [-0.25, -0.2) is 4.39 Å². The Bertz CT molecular complexity index is 422. The van der Waals surface area contributed by atoms with Gasteiger partial charge in [-0.15, -0.1) is 12.4 Å². The van der Waals surface area contributed by atoms with Gasteiger partial charge in [0.25, 0.3) is 0 Å². The second-order valence-corrected chi connectivity index (χ2v) is 5.05. The average Bonchev–Trinajstić information content (AvgIpc) is 2.94. The first-order valence-corrected chi connectivity index (χ1v) is 7.10. The summed E-state index contributed by atoms with van der Waals surface area (Å²) in [6.07, 6.45) is 2.54. The number of ether oxygens (including phenoxy) is 1. The molecule has 2 N–H and O–H groups in total. The molecule has 1 aliphatic heterocycles. The quantitative estimate of drug-likeness (QED) is 0.810. The van der Waals surface area contributed by atoms with E-state index < -0.39 is 0 Å². The third-order valence-corrected chi connectivity index (χ3v) is 3.45. The average molecular weight is 317 g/mol. The minimum Gasteiger partial charge on any atom is -0.493 e. The summed E-state index contributed by atoms with van der Waals surface area (Å²) >= 11 is 0. The molecule has 1 saturated heterocycles. The molecule has 0 spiro atoms. The fourth-order valence-corrected chi connectivity index (χ4v) is 2.26. The summed E-state index contributed by atoms with van der Waals surface area (Å²) in [4.78, 5) is 11.6. The monoisotopic (exact) mass is 316 g/mol. The van der Waals surface area contributed by atoms with Crippen LogP contribution in [0.1, 0.15) is 19.3 Å². The smallest absolute Gasteiger partial charge is 0.223 e. The van der Waals surface area contributed by atoms with Gasteiger partial charge in [0.1, 0.15) is 11.6 Å². The number of hydrogen-bond donors (Lipinski definition) is 2. The molecule has 118 valence electrons. The van der Waals surface area contributed by atoms with Crippen molar-refractivity contribution in [2.75, 3.05) is 26.2 Å². The lowest BCUT2D eigenvalue weighted by molar-refractivity contribution is -0.121. The van der Waals surface area contributed by atoms with Gasteiger partial charge >= 0.3 is 0 Å². The Hall–Kier alpha value is -1.33. The van der Waals surface area contributed by atoms with Crippen molar-refractivity contribution in [3.63, 3.8) is 0 Å². The van der Waals surface area contributed by atoms with Crippen molar-refractivity contribution >= 4 is 18.3 Å². The van der Waals surface area contributed by atoms with Gasteiger partial charge in [-0.1, -0.05) is 0 Å². The molecular weight excluding hydrogens is 295 g/mol. The van der Waals surface area contributed by atoms with Gasteiger partial charge in [-0.2, -0.15) is 0 Å². The van der Waals surface area contributed by atoms with Crippen molar-refractivity contribution in [1.82, 2.24) is 10.6 Å². The van der Waals surface area contributed by atoms with Gasteiger partial charge in [0, 0.05) is 6.54 Å². The maximum absolute atomic E-state index is 12.7. The lowest BCUT2D eigenvalue weighted by Crippen LogP contribution is -2.27. The van der Waals surface area contributed by atoms with Crippen LogP contribution in [0.2, 0.25) is 0 Å². The molecule has 6 heteroatoms. The number of nitrogens with one attached hydrogen (secondary N) is 2. The molecule has 0 radical (unpaired) electrons. The highest BCUT2D eigenvalue weighted by Gasteiger charge is 2.13. The fourth-order valence-electron chi connectivity index (χ4n) is 2.26. The van der Waals surface area contributed by atoms with E-state index in [1.807, 2.05) is 0 Å². The summed E-state index contributed by atoms with van der Waals surface area (Å²) < 4.78 is 18.1. The highest BCUT2D eigenvalue weighted by atomic mass is 35.5. The van der Waals surface area contributed by atoms with Crippen molar-refractivity contribution in [3.05, 3.63) is 30.1 Å². The summed E-state index contributed by atoms with van der Waals surface area (Å²) in [5.74, 6) is 0.969.